The Labute approximate surface area is 263 Å². The Morgan fingerprint density at radius 1 is 0.700 bits per heavy atom. The average Bonchev–Trinajstić information content (AvgIpc) is 3.32. The van der Waals surface area contributed by atoms with Gasteiger partial charge in [-0.25, -0.2) is 0 Å². The number of allylic oxidation sites excluding steroid dienone is 4. The van der Waals surface area contributed by atoms with Gasteiger partial charge in [-0.15, -0.1) is 0 Å². The number of fused-ring (bicyclic) bond motifs is 3. The van der Waals surface area contributed by atoms with Crippen LogP contribution in [0.1, 0.15) is 101 Å². The third-order valence-corrected chi connectivity index (χ3v) is 17.7. The molecule has 0 spiro atoms. The summed E-state index contributed by atoms with van der Waals surface area (Å²) >= 11 is -2.37. The van der Waals surface area contributed by atoms with Gasteiger partial charge in [0, 0.05) is 0 Å². The van der Waals surface area contributed by atoms with Crippen LogP contribution in [-0.2, 0) is 32.1 Å². The molecule has 0 saturated carbocycles. The molecule has 0 radical (unpaired) electrons. The maximum absolute atomic E-state index is 2.58. The average molecular weight is 651 g/mol. The Kier molecular flexibility index (Phi) is 9.89. The summed E-state index contributed by atoms with van der Waals surface area (Å²) in [5, 5.41) is 0. The van der Waals surface area contributed by atoms with Crippen molar-refractivity contribution < 1.29 is 46.1 Å². The monoisotopic (exact) mass is 648 g/mol. The van der Waals surface area contributed by atoms with E-state index in [1.54, 1.807) is 23.2 Å². The molecule has 3 aromatic rings. The van der Waals surface area contributed by atoms with E-state index >= 15 is 0 Å². The number of halogens is 2. The van der Waals surface area contributed by atoms with Gasteiger partial charge in [0.1, 0.15) is 0 Å². The summed E-state index contributed by atoms with van der Waals surface area (Å²) in [7, 11) is 0. The van der Waals surface area contributed by atoms with Crippen LogP contribution in [0.15, 0.2) is 81.7 Å². The molecule has 0 bridgehead atoms. The van der Waals surface area contributed by atoms with Crippen LogP contribution in [0.2, 0.25) is 0 Å². The van der Waals surface area contributed by atoms with Gasteiger partial charge >= 0.3 is 240 Å². The minimum atomic E-state index is -2.37. The Morgan fingerprint density at radius 3 is 1.60 bits per heavy atom. The minimum Gasteiger partial charge on any atom is -1.00 e. The van der Waals surface area contributed by atoms with Crippen molar-refractivity contribution in [1.29, 1.82) is 0 Å². The Morgan fingerprint density at radius 2 is 1.18 bits per heavy atom. The van der Waals surface area contributed by atoms with E-state index in [1.807, 2.05) is 0 Å². The van der Waals surface area contributed by atoms with Crippen molar-refractivity contribution >= 4 is 8.78 Å². The van der Waals surface area contributed by atoms with Gasteiger partial charge in [0.15, 0.2) is 0 Å². The van der Waals surface area contributed by atoms with E-state index in [0.717, 1.165) is 0 Å². The third kappa shape index (κ3) is 5.86. The molecule has 0 aliphatic heterocycles. The Bertz CT molecular complexity index is 1440. The van der Waals surface area contributed by atoms with E-state index in [4.69, 9.17) is 0 Å². The van der Waals surface area contributed by atoms with Crippen LogP contribution in [0.5, 0.6) is 0 Å². The van der Waals surface area contributed by atoms with Crippen LogP contribution in [0.3, 0.4) is 0 Å². The van der Waals surface area contributed by atoms with Crippen LogP contribution in [0.4, 0.5) is 0 Å². The van der Waals surface area contributed by atoms with E-state index < -0.39 is 21.3 Å². The molecule has 0 aromatic heterocycles. The topological polar surface area (TPSA) is 0 Å². The van der Waals surface area contributed by atoms with Crippen molar-refractivity contribution in [2.45, 2.75) is 83.7 Å². The van der Waals surface area contributed by atoms with Gasteiger partial charge < -0.3 is 24.8 Å². The largest absolute Gasteiger partial charge is 1.00 e. The Hall–Kier alpha value is -1.53. The molecular formula is C37H44Cl2Zr. The van der Waals surface area contributed by atoms with Gasteiger partial charge in [0.05, 0.1) is 0 Å². The van der Waals surface area contributed by atoms with Crippen LogP contribution in [0.25, 0.3) is 16.7 Å². The molecule has 210 valence electrons. The van der Waals surface area contributed by atoms with E-state index in [1.165, 1.54) is 33.4 Å². The molecule has 1 atom stereocenters. The summed E-state index contributed by atoms with van der Waals surface area (Å²) in [5.41, 5.74) is 13.7. The second-order valence-corrected chi connectivity index (χ2v) is 21.0. The fourth-order valence-electron chi connectivity index (χ4n) is 6.54. The molecule has 3 aromatic carbocycles. The van der Waals surface area contributed by atoms with Crippen molar-refractivity contribution in [3.05, 3.63) is 109 Å². The van der Waals surface area contributed by atoms with Gasteiger partial charge in [-0.2, -0.15) is 0 Å². The molecule has 2 aliphatic rings. The van der Waals surface area contributed by atoms with Crippen molar-refractivity contribution in [2.24, 2.45) is 5.92 Å². The molecule has 5 rings (SSSR count). The van der Waals surface area contributed by atoms with Gasteiger partial charge in [0.25, 0.3) is 0 Å². The first kappa shape index (κ1) is 33.0. The van der Waals surface area contributed by atoms with Crippen LogP contribution >= 0.6 is 0 Å². The van der Waals surface area contributed by atoms with Crippen molar-refractivity contribution in [3.8, 4) is 11.1 Å². The predicted octanol–water partition coefficient (Wildman–Crippen LogP) is 4.20. The third-order valence-electron chi connectivity index (χ3n) is 8.63. The molecule has 0 N–H and O–H groups in total. The summed E-state index contributed by atoms with van der Waals surface area (Å²) in [6.07, 6.45) is 2.55. The number of rotatable bonds is 3. The molecule has 0 amide bonds. The fraction of sp³-hybridized carbons (Fsp3) is 0.378. The molecule has 3 heteroatoms. The Balaban J connectivity index is 0.00000220. The number of benzene rings is 3. The predicted molar refractivity (Wildman–Crippen MR) is 164 cm³/mol. The van der Waals surface area contributed by atoms with Gasteiger partial charge in [-0.05, 0) is 0 Å². The number of hydrogen-bond acceptors (Lipinski definition) is 0. The molecule has 0 fully saturated rings. The second kappa shape index (κ2) is 12.0. The van der Waals surface area contributed by atoms with Crippen molar-refractivity contribution in [3.63, 3.8) is 0 Å². The molecule has 0 saturated heterocycles. The molecule has 40 heavy (non-hydrogen) atoms. The van der Waals surface area contributed by atoms with Gasteiger partial charge in [0.2, 0.25) is 0 Å². The summed E-state index contributed by atoms with van der Waals surface area (Å²) in [6, 6.07) is 25.8. The maximum Gasteiger partial charge on any atom is -1.00 e. The summed E-state index contributed by atoms with van der Waals surface area (Å²) in [6.45, 7) is 23.8. The van der Waals surface area contributed by atoms with E-state index in [9.17, 15) is 0 Å². The zero-order valence-electron chi connectivity index (χ0n) is 25.8. The molecule has 0 nitrogen and oxygen atoms in total. The first-order chi connectivity index (χ1) is 17.8. The normalized spacial score (nSPS) is 16.3. The zero-order valence-corrected chi connectivity index (χ0v) is 29.8. The zero-order chi connectivity index (χ0) is 27.6. The summed E-state index contributed by atoms with van der Waals surface area (Å²) in [5.74, 6) is 0.499. The molecule has 0 heterocycles. The first-order valence-electron chi connectivity index (χ1n) is 14.2. The summed E-state index contributed by atoms with van der Waals surface area (Å²) < 4.78 is 4.01. The maximum atomic E-state index is 2.58. The summed E-state index contributed by atoms with van der Waals surface area (Å²) in [4.78, 5) is 0. The van der Waals surface area contributed by atoms with Crippen LogP contribution in [-0.4, -0.2) is 3.21 Å². The molecule has 2 aliphatic carbocycles. The quantitative estimate of drug-likeness (QED) is 0.399. The SMILES string of the molecule is CC1=[C]([Zr+2](=[C](C)C)[CH]2c3cc(C(C)(C)C)ccc3-c3ccc(C(C)(C)C)cc32)C(C)C=C1c1ccccc1.[Cl-].[Cl-]. The molecular weight excluding hydrogens is 607 g/mol. The van der Waals surface area contributed by atoms with Gasteiger partial charge in [-0.3, -0.25) is 0 Å². The van der Waals surface area contributed by atoms with Crippen molar-refractivity contribution in [1.82, 2.24) is 0 Å². The fourth-order valence-corrected chi connectivity index (χ4v) is 15.5. The van der Waals surface area contributed by atoms with Crippen molar-refractivity contribution in [2.75, 3.05) is 0 Å². The van der Waals surface area contributed by atoms with E-state index in [2.05, 4.69) is 142 Å². The standard InChI is InChI=1S/C21H25.C13H13.C3H6.2ClH.Zr/c1-20(2,3)16-7-9-18-14(12-16)11-15-13-17(21(4,5)6)8-10-19(15)18;1-10-8-11(2)13(9-10)12-6-4-3-5-7-12;1-3-2;;;/h7-13H,1-6H3;3-7,9-10H,1-2H3;1-2H3;2*1H;/q;;;;;+2/p-2. The second-order valence-electron chi connectivity index (χ2n) is 13.7. The molecule has 1 unspecified atom stereocenters. The minimum absolute atomic E-state index is 0. The van der Waals surface area contributed by atoms with Crippen LogP contribution < -0.4 is 24.8 Å². The van der Waals surface area contributed by atoms with E-state index in [0.29, 0.717) is 9.54 Å². The van der Waals surface area contributed by atoms with Crippen LogP contribution in [0, 0.1) is 5.92 Å². The first-order valence-corrected chi connectivity index (χ1v) is 18.1. The van der Waals surface area contributed by atoms with E-state index in [-0.39, 0.29) is 35.6 Å². The number of hydrogen-bond donors (Lipinski definition) is 0. The van der Waals surface area contributed by atoms with Gasteiger partial charge in [-0.1, -0.05) is 0 Å². The smallest absolute Gasteiger partial charge is 1.00 e.